The highest BCUT2D eigenvalue weighted by Gasteiger charge is 2.24. The highest BCUT2D eigenvalue weighted by atomic mass is 32.2. The summed E-state index contributed by atoms with van der Waals surface area (Å²) in [4.78, 5) is 2.22. The molecule has 1 aromatic carbocycles. The minimum absolute atomic E-state index is 0.317. The number of methoxy groups -OCH3 is 2. The van der Waals surface area contributed by atoms with Crippen molar-refractivity contribution in [2.45, 2.75) is 6.42 Å². The summed E-state index contributed by atoms with van der Waals surface area (Å²) in [5, 5.41) is 0. The van der Waals surface area contributed by atoms with Gasteiger partial charge in [-0.15, -0.1) is 0 Å². The van der Waals surface area contributed by atoms with Crippen LogP contribution in [0.2, 0.25) is 0 Å². The van der Waals surface area contributed by atoms with Crippen molar-refractivity contribution < 1.29 is 17.9 Å². The number of benzene rings is 1. The first-order valence-corrected chi connectivity index (χ1v) is 8.73. The SMILES string of the molecule is COc1cc(OC)cc(N2CCC(CNS(C)(=O)=O)C2)c1. The summed E-state index contributed by atoms with van der Waals surface area (Å²) in [6.45, 7) is 2.20. The Balaban J connectivity index is 2.03. The minimum atomic E-state index is -3.12. The van der Waals surface area contributed by atoms with Crippen molar-refractivity contribution in [2.24, 2.45) is 5.92 Å². The van der Waals surface area contributed by atoms with E-state index in [2.05, 4.69) is 9.62 Å². The molecule has 0 radical (unpaired) electrons. The van der Waals surface area contributed by atoms with Crippen LogP contribution in [0.3, 0.4) is 0 Å². The molecule has 118 valence electrons. The molecule has 0 spiro atoms. The molecule has 1 aliphatic heterocycles. The molecule has 0 aromatic heterocycles. The third-order valence-electron chi connectivity index (χ3n) is 3.62. The van der Waals surface area contributed by atoms with E-state index < -0.39 is 10.0 Å². The van der Waals surface area contributed by atoms with Gasteiger partial charge in [-0.1, -0.05) is 0 Å². The highest BCUT2D eigenvalue weighted by molar-refractivity contribution is 7.88. The molecular formula is C14H22N2O4S. The fourth-order valence-electron chi connectivity index (χ4n) is 2.48. The number of sulfonamides is 1. The van der Waals surface area contributed by atoms with Crippen LogP contribution in [0.4, 0.5) is 5.69 Å². The summed E-state index contributed by atoms with van der Waals surface area (Å²) in [5.74, 6) is 1.82. The van der Waals surface area contributed by atoms with E-state index in [0.29, 0.717) is 12.5 Å². The van der Waals surface area contributed by atoms with Gasteiger partial charge in [0.1, 0.15) is 11.5 Å². The third kappa shape index (κ3) is 4.50. The number of hydrogen-bond acceptors (Lipinski definition) is 5. The molecule has 1 saturated heterocycles. The largest absolute Gasteiger partial charge is 0.497 e. The predicted octanol–water partition coefficient (Wildman–Crippen LogP) is 1.08. The normalized spacial score (nSPS) is 18.8. The van der Waals surface area contributed by atoms with E-state index in [-0.39, 0.29) is 0 Å². The van der Waals surface area contributed by atoms with Crippen LogP contribution in [0.25, 0.3) is 0 Å². The van der Waals surface area contributed by atoms with Crippen molar-refractivity contribution in [2.75, 3.05) is 45.0 Å². The third-order valence-corrected chi connectivity index (χ3v) is 4.31. The van der Waals surface area contributed by atoms with Gasteiger partial charge in [0.25, 0.3) is 0 Å². The van der Waals surface area contributed by atoms with Crippen LogP contribution in [-0.2, 0) is 10.0 Å². The van der Waals surface area contributed by atoms with E-state index >= 15 is 0 Å². The van der Waals surface area contributed by atoms with Crippen molar-refractivity contribution in [3.05, 3.63) is 18.2 Å². The van der Waals surface area contributed by atoms with Crippen molar-refractivity contribution >= 4 is 15.7 Å². The summed E-state index contributed by atoms with van der Waals surface area (Å²) >= 11 is 0. The summed E-state index contributed by atoms with van der Waals surface area (Å²) in [6.07, 6.45) is 2.15. The fourth-order valence-corrected chi connectivity index (χ4v) is 3.02. The van der Waals surface area contributed by atoms with Gasteiger partial charge in [0.2, 0.25) is 10.0 Å². The Labute approximate surface area is 126 Å². The predicted molar refractivity (Wildman–Crippen MR) is 82.7 cm³/mol. The molecule has 1 aromatic rings. The molecule has 1 atom stereocenters. The molecule has 1 heterocycles. The maximum Gasteiger partial charge on any atom is 0.208 e. The van der Waals surface area contributed by atoms with Crippen molar-refractivity contribution in [3.63, 3.8) is 0 Å². The standard InChI is InChI=1S/C14H22N2O4S/c1-19-13-6-12(7-14(8-13)20-2)16-5-4-11(10-16)9-15-21(3,17)18/h6-8,11,15H,4-5,9-10H2,1-3H3. The Bertz CT molecular complexity index is 566. The molecule has 1 N–H and O–H groups in total. The second-order valence-corrected chi connectivity index (χ2v) is 7.13. The van der Waals surface area contributed by atoms with E-state index in [4.69, 9.17) is 9.47 Å². The lowest BCUT2D eigenvalue weighted by Gasteiger charge is -2.20. The lowest BCUT2D eigenvalue weighted by molar-refractivity contribution is 0.394. The molecule has 0 saturated carbocycles. The molecular weight excluding hydrogens is 292 g/mol. The van der Waals surface area contributed by atoms with Crippen molar-refractivity contribution in [1.29, 1.82) is 0 Å². The first kappa shape index (κ1) is 15.9. The number of ether oxygens (including phenoxy) is 2. The fraction of sp³-hybridized carbons (Fsp3) is 0.571. The number of rotatable bonds is 6. The Hall–Kier alpha value is -1.47. The zero-order valence-electron chi connectivity index (χ0n) is 12.6. The molecule has 0 aliphatic carbocycles. The number of anilines is 1. The van der Waals surface area contributed by atoms with Crippen LogP contribution in [-0.4, -0.2) is 48.5 Å². The van der Waals surface area contributed by atoms with Gasteiger partial charge < -0.3 is 14.4 Å². The lowest BCUT2D eigenvalue weighted by atomic mass is 10.1. The molecule has 0 amide bonds. The number of hydrogen-bond donors (Lipinski definition) is 1. The van der Waals surface area contributed by atoms with E-state index in [1.54, 1.807) is 14.2 Å². The Morgan fingerprint density at radius 1 is 1.24 bits per heavy atom. The monoisotopic (exact) mass is 314 g/mol. The summed E-state index contributed by atoms with van der Waals surface area (Å²) < 4.78 is 35.4. The number of nitrogens with one attached hydrogen (secondary N) is 1. The van der Waals surface area contributed by atoms with Gasteiger partial charge in [-0.25, -0.2) is 13.1 Å². The molecule has 1 unspecified atom stereocenters. The number of nitrogens with zero attached hydrogens (tertiary/aromatic N) is 1. The van der Waals surface area contributed by atoms with E-state index in [9.17, 15) is 8.42 Å². The smallest absolute Gasteiger partial charge is 0.208 e. The zero-order chi connectivity index (χ0) is 15.5. The Kier molecular flexibility index (Phi) is 4.95. The van der Waals surface area contributed by atoms with Crippen LogP contribution >= 0.6 is 0 Å². The highest BCUT2D eigenvalue weighted by Crippen LogP contribution is 2.31. The van der Waals surface area contributed by atoms with Gasteiger partial charge >= 0.3 is 0 Å². The van der Waals surface area contributed by atoms with Gasteiger partial charge in [0.15, 0.2) is 0 Å². The van der Waals surface area contributed by atoms with E-state index in [1.165, 1.54) is 6.26 Å². The quantitative estimate of drug-likeness (QED) is 0.851. The molecule has 0 bridgehead atoms. The van der Waals surface area contributed by atoms with Gasteiger partial charge in [-0.05, 0) is 12.3 Å². The Morgan fingerprint density at radius 2 is 1.86 bits per heavy atom. The minimum Gasteiger partial charge on any atom is -0.497 e. The average Bonchev–Trinajstić information content (AvgIpc) is 2.92. The van der Waals surface area contributed by atoms with Gasteiger partial charge in [0.05, 0.1) is 20.5 Å². The van der Waals surface area contributed by atoms with Crippen LogP contribution in [0.5, 0.6) is 11.5 Å². The molecule has 6 nitrogen and oxygen atoms in total. The van der Waals surface area contributed by atoms with Crippen LogP contribution in [0.1, 0.15) is 6.42 Å². The van der Waals surface area contributed by atoms with Crippen molar-refractivity contribution in [3.8, 4) is 11.5 Å². The summed E-state index contributed by atoms with van der Waals surface area (Å²) in [6, 6.07) is 5.77. The maximum absolute atomic E-state index is 11.1. The zero-order valence-corrected chi connectivity index (χ0v) is 13.4. The molecule has 7 heteroatoms. The first-order chi connectivity index (χ1) is 9.91. The van der Waals surface area contributed by atoms with Crippen molar-refractivity contribution in [1.82, 2.24) is 4.72 Å². The van der Waals surface area contributed by atoms with Gasteiger partial charge in [-0.3, -0.25) is 0 Å². The topological polar surface area (TPSA) is 67.9 Å². The molecule has 2 rings (SSSR count). The maximum atomic E-state index is 11.1. The van der Waals surface area contributed by atoms with E-state index in [0.717, 1.165) is 36.7 Å². The van der Waals surface area contributed by atoms with Crippen LogP contribution in [0, 0.1) is 5.92 Å². The summed E-state index contributed by atoms with van der Waals surface area (Å²) in [5.41, 5.74) is 1.04. The molecule has 1 aliphatic rings. The lowest BCUT2D eigenvalue weighted by Crippen LogP contribution is -2.30. The van der Waals surface area contributed by atoms with Crippen LogP contribution < -0.4 is 19.1 Å². The van der Waals surface area contributed by atoms with Gasteiger partial charge in [0, 0.05) is 43.5 Å². The van der Waals surface area contributed by atoms with Crippen LogP contribution in [0.15, 0.2) is 18.2 Å². The Morgan fingerprint density at radius 3 is 2.38 bits per heavy atom. The second-order valence-electron chi connectivity index (χ2n) is 5.29. The summed E-state index contributed by atoms with van der Waals surface area (Å²) in [7, 11) is 0.129. The van der Waals surface area contributed by atoms with E-state index in [1.807, 2.05) is 18.2 Å². The average molecular weight is 314 g/mol. The second kappa shape index (κ2) is 6.53. The first-order valence-electron chi connectivity index (χ1n) is 6.84. The molecule has 21 heavy (non-hydrogen) atoms. The van der Waals surface area contributed by atoms with Gasteiger partial charge in [-0.2, -0.15) is 0 Å². The molecule has 1 fully saturated rings.